The summed E-state index contributed by atoms with van der Waals surface area (Å²) in [6.07, 6.45) is 15.4. The molecule has 41 heavy (non-hydrogen) atoms. The molecule has 2 atom stereocenters. The summed E-state index contributed by atoms with van der Waals surface area (Å²) in [7, 11) is 0. The van der Waals surface area contributed by atoms with E-state index >= 15 is 0 Å². The van der Waals surface area contributed by atoms with Crippen molar-refractivity contribution in [2.24, 2.45) is 5.92 Å². The largest absolute Gasteiger partial charge is 0.662 e. The van der Waals surface area contributed by atoms with Crippen LogP contribution in [0.2, 0.25) is 0 Å². The average Bonchev–Trinajstić information content (AvgIpc) is 2.87. The summed E-state index contributed by atoms with van der Waals surface area (Å²) >= 11 is 0. The molecule has 1 radical (unpaired) electrons. The van der Waals surface area contributed by atoms with Crippen molar-refractivity contribution in [2.45, 2.75) is 133 Å². The molecule has 0 amide bonds. The predicted octanol–water partition coefficient (Wildman–Crippen LogP) is 12.6. The van der Waals surface area contributed by atoms with E-state index in [1.807, 2.05) is 13.8 Å². The van der Waals surface area contributed by atoms with Crippen molar-refractivity contribution in [1.82, 2.24) is 5.32 Å². The van der Waals surface area contributed by atoms with Crippen LogP contribution in [-0.4, -0.2) is 6.04 Å². The first-order valence-electron chi connectivity index (χ1n) is 15.1. The average molecular weight is 638 g/mol. The molecule has 1 N–H and O–H groups in total. The number of allylic oxidation sites excluding steroid dienone is 6. The number of hydrogen-bond donors (Lipinski definition) is 1. The van der Waals surface area contributed by atoms with Gasteiger partial charge in [0.1, 0.15) is 0 Å². The zero-order valence-corrected chi connectivity index (χ0v) is 30.3. The molecule has 0 saturated carbocycles. The van der Waals surface area contributed by atoms with E-state index in [0.29, 0.717) is 12.0 Å². The van der Waals surface area contributed by atoms with Crippen molar-refractivity contribution in [2.75, 3.05) is 0 Å². The van der Waals surface area contributed by atoms with Gasteiger partial charge in [-0.3, -0.25) is 0 Å². The van der Waals surface area contributed by atoms with Crippen molar-refractivity contribution in [3.05, 3.63) is 102 Å². The Balaban J connectivity index is -0.000000676. The molecule has 1 heterocycles. The number of nitrogens with zero attached hydrogens (tertiary/aromatic N) is 1. The first-order valence-corrected chi connectivity index (χ1v) is 15.1. The quantitative estimate of drug-likeness (QED) is 0.171. The minimum atomic E-state index is 0. The van der Waals surface area contributed by atoms with Gasteiger partial charge in [-0.2, -0.15) is 11.3 Å². The van der Waals surface area contributed by atoms with Crippen molar-refractivity contribution < 1.29 is 32.7 Å². The van der Waals surface area contributed by atoms with E-state index in [4.69, 9.17) is 5.32 Å². The van der Waals surface area contributed by atoms with E-state index in [0.717, 1.165) is 23.7 Å². The van der Waals surface area contributed by atoms with Gasteiger partial charge in [-0.15, -0.1) is 37.7 Å². The Kier molecular flexibility index (Phi) is 26.8. The number of aryl methyl sites for hydroxylation is 2. The minimum absolute atomic E-state index is 0. The van der Waals surface area contributed by atoms with Crippen molar-refractivity contribution in [3.63, 3.8) is 0 Å². The second kappa shape index (κ2) is 25.0. The first kappa shape index (κ1) is 43.9. The van der Waals surface area contributed by atoms with E-state index in [9.17, 15) is 0 Å². The summed E-state index contributed by atoms with van der Waals surface area (Å²) in [6, 6.07) is 5.37. The maximum absolute atomic E-state index is 4.79. The summed E-state index contributed by atoms with van der Waals surface area (Å²) in [5.74, 6) is 1.25. The van der Waals surface area contributed by atoms with Crippen LogP contribution in [-0.2, 0) is 39.1 Å². The maximum Gasteiger partial charge on any atom is 0.0125 e. The molecule has 3 heteroatoms. The van der Waals surface area contributed by atoms with E-state index < -0.39 is 0 Å². The Morgan fingerprint density at radius 1 is 1.12 bits per heavy atom. The molecule has 1 aromatic carbocycles. The summed E-state index contributed by atoms with van der Waals surface area (Å²) in [4.78, 5) is 0. The third-order valence-electron chi connectivity index (χ3n) is 7.24. The Hall–Kier alpha value is -1.51. The molecular weight excluding hydrogens is 573 g/mol. The fourth-order valence-electron chi connectivity index (χ4n) is 5.17. The van der Waals surface area contributed by atoms with Gasteiger partial charge in [0.2, 0.25) is 0 Å². The normalized spacial score (nSPS) is 17.2. The van der Waals surface area contributed by atoms with E-state index in [1.54, 1.807) is 6.08 Å². The Bertz CT molecular complexity index is 938. The fourth-order valence-corrected chi connectivity index (χ4v) is 5.17. The SMILES string of the molecule is C.C=C.C=C(C)[N-]c1cc(CCCCC)cc(C)c1C1C=C(C)CCC1.C=CC.[CH2-]C1=C(C)NC(C(C)C)CC1.[Y]. The molecule has 1 aliphatic carbocycles. The van der Waals surface area contributed by atoms with Gasteiger partial charge in [0.05, 0.1) is 0 Å². The van der Waals surface area contributed by atoms with E-state index in [1.165, 1.54) is 84.9 Å². The number of rotatable bonds is 8. The van der Waals surface area contributed by atoms with E-state index in [-0.39, 0.29) is 40.1 Å². The van der Waals surface area contributed by atoms with Gasteiger partial charge in [0.15, 0.2) is 0 Å². The van der Waals surface area contributed by atoms with Crippen molar-refractivity contribution in [1.29, 1.82) is 0 Å². The molecule has 2 unspecified atom stereocenters. The second-order valence-electron chi connectivity index (χ2n) is 11.3. The van der Waals surface area contributed by atoms with Crippen LogP contribution >= 0.6 is 0 Å². The molecule has 0 saturated heterocycles. The van der Waals surface area contributed by atoms with Crippen LogP contribution in [0.3, 0.4) is 0 Å². The molecule has 231 valence electrons. The monoisotopic (exact) mass is 637 g/mol. The predicted molar refractivity (Wildman–Crippen MR) is 185 cm³/mol. The molecule has 0 spiro atoms. The second-order valence-corrected chi connectivity index (χ2v) is 11.3. The third kappa shape index (κ3) is 17.3. The number of unbranched alkanes of at least 4 members (excludes halogenated alkanes) is 2. The van der Waals surface area contributed by atoms with Gasteiger partial charge in [-0.1, -0.05) is 96.7 Å². The summed E-state index contributed by atoms with van der Waals surface area (Å²) in [5, 5.41) is 8.27. The zero-order chi connectivity index (χ0) is 30.0. The van der Waals surface area contributed by atoms with Crippen LogP contribution in [0.15, 0.2) is 73.1 Å². The standard InChI is InChI=1S/C22H32N.C10H18N.C3H6.C2H4.CH4.Y/c1-6-7-8-11-19-14-18(5)22(21(15-19)23-16(2)3)20-12-9-10-17(4)13-20;1-7(2)10-6-5-8(3)9(4)11-10;1-3-2;1-2;;/h13-15,20H,2,6-12H2,1,3-5H3;7,10-11H,3,5-6H2,1-2,4H3;3H,1H2,2H3;1-2H2;1H4;/q2*-1;;;;. The van der Waals surface area contributed by atoms with E-state index in [2.05, 4.69) is 98.3 Å². The number of nitrogens with one attached hydrogen (secondary N) is 1. The molecule has 0 fully saturated rings. The molecule has 0 bridgehead atoms. The first-order chi connectivity index (χ1) is 18.5. The molecule has 1 aliphatic heterocycles. The summed E-state index contributed by atoms with van der Waals surface area (Å²) in [5.41, 5.74) is 10.4. The molecule has 1 aromatic rings. The van der Waals surface area contributed by atoms with Gasteiger partial charge in [0.25, 0.3) is 0 Å². The molecule has 2 nitrogen and oxygen atoms in total. The van der Waals surface area contributed by atoms with Gasteiger partial charge in [-0.25, -0.2) is 6.92 Å². The van der Waals surface area contributed by atoms with Crippen LogP contribution in [0.5, 0.6) is 0 Å². The molecule has 3 rings (SSSR count). The van der Waals surface area contributed by atoms with Crippen LogP contribution in [0.4, 0.5) is 5.69 Å². The van der Waals surface area contributed by atoms with Crippen molar-refractivity contribution in [3.8, 4) is 0 Å². The van der Waals surface area contributed by atoms with Crippen LogP contribution in [0, 0.1) is 19.8 Å². The summed E-state index contributed by atoms with van der Waals surface area (Å²) in [6.45, 7) is 34.7. The maximum atomic E-state index is 4.79. The smallest absolute Gasteiger partial charge is 0.0125 e. The van der Waals surface area contributed by atoms with Gasteiger partial charge in [0, 0.05) is 44.7 Å². The van der Waals surface area contributed by atoms with Gasteiger partial charge < -0.3 is 10.6 Å². The Morgan fingerprint density at radius 2 is 1.73 bits per heavy atom. The topological polar surface area (TPSA) is 26.1 Å². The van der Waals surface area contributed by atoms with Crippen LogP contribution in [0.1, 0.15) is 130 Å². The molecule has 0 aromatic heterocycles. The number of hydrogen-bond acceptors (Lipinski definition) is 1. The van der Waals surface area contributed by atoms with Crippen LogP contribution in [0.25, 0.3) is 5.32 Å². The van der Waals surface area contributed by atoms with Gasteiger partial charge >= 0.3 is 0 Å². The molecular formula is C38H64N2Y-2. The minimum Gasteiger partial charge on any atom is -0.662 e. The van der Waals surface area contributed by atoms with Crippen LogP contribution < -0.4 is 5.32 Å². The summed E-state index contributed by atoms with van der Waals surface area (Å²) < 4.78 is 0. The zero-order valence-electron chi connectivity index (χ0n) is 27.5. The molecule has 2 aliphatic rings. The Morgan fingerprint density at radius 3 is 2.22 bits per heavy atom. The Labute approximate surface area is 282 Å². The third-order valence-corrected chi connectivity index (χ3v) is 7.24. The fraction of sp³-hybridized carbons (Fsp3) is 0.553. The number of benzene rings is 1. The van der Waals surface area contributed by atoms with Crippen molar-refractivity contribution >= 4 is 5.69 Å². The van der Waals surface area contributed by atoms with Gasteiger partial charge in [-0.05, 0) is 76.3 Å².